The van der Waals surface area contributed by atoms with Gasteiger partial charge in [0.25, 0.3) is 0 Å². The minimum Gasteiger partial charge on any atom is -0.486 e. The fourth-order valence-electron chi connectivity index (χ4n) is 2.32. The fourth-order valence-corrected chi connectivity index (χ4v) is 2.32. The summed E-state index contributed by atoms with van der Waals surface area (Å²) >= 11 is 0. The number of ether oxygens (including phenoxy) is 2. The molecule has 1 saturated carbocycles. The molecule has 16 heavy (non-hydrogen) atoms. The third-order valence-electron chi connectivity index (χ3n) is 3.62. The van der Waals surface area contributed by atoms with Gasteiger partial charge in [0.15, 0.2) is 11.5 Å². The smallest absolute Gasteiger partial charge is 0.164 e. The van der Waals surface area contributed by atoms with E-state index in [0.29, 0.717) is 13.2 Å². The van der Waals surface area contributed by atoms with E-state index in [0.717, 1.165) is 41.0 Å². The molecule has 0 bridgehead atoms. The predicted octanol–water partition coefficient (Wildman–Crippen LogP) is 2.06. The van der Waals surface area contributed by atoms with Crippen LogP contribution in [0.3, 0.4) is 0 Å². The molecule has 1 N–H and O–H groups in total. The zero-order valence-corrected chi connectivity index (χ0v) is 9.67. The second kappa shape index (κ2) is 3.14. The average molecular weight is 220 g/mol. The van der Waals surface area contributed by atoms with Crippen molar-refractivity contribution in [2.24, 2.45) is 0 Å². The van der Waals surface area contributed by atoms with E-state index in [1.807, 2.05) is 19.9 Å². The summed E-state index contributed by atoms with van der Waals surface area (Å²) in [6, 6.07) is 1.95. The zero-order valence-electron chi connectivity index (χ0n) is 9.67. The Morgan fingerprint density at radius 3 is 2.50 bits per heavy atom. The average Bonchev–Trinajstić information content (AvgIpc) is 3.03. The maximum atomic E-state index is 10.2. The van der Waals surface area contributed by atoms with E-state index in [-0.39, 0.29) is 0 Å². The number of fused-ring (bicyclic) bond motifs is 1. The largest absolute Gasteiger partial charge is 0.486 e. The number of aliphatic hydroxyl groups is 1. The van der Waals surface area contributed by atoms with Gasteiger partial charge >= 0.3 is 0 Å². The third-order valence-corrected chi connectivity index (χ3v) is 3.62. The Morgan fingerprint density at radius 1 is 1.12 bits per heavy atom. The molecule has 0 unspecified atom stereocenters. The van der Waals surface area contributed by atoms with E-state index in [9.17, 15) is 5.11 Å². The lowest BCUT2D eigenvalue weighted by Gasteiger charge is -2.24. The van der Waals surface area contributed by atoms with Crippen molar-refractivity contribution in [1.82, 2.24) is 0 Å². The van der Waals surface area contributed by atoms with Gasteiger partial charge in [-0.1, -0.05) is 0 Å². The molecule has 0 spiro atoms. The van der Waals surface area contributed by atoms with Gasteiger partial charge in [-0.05, 0) is 49.4 Å². The lowest BCUT2D eigenvalue weighted by Crippen LogP contribution is -2.18. The minimum absolute atomic E-state index is 0.591. The van der Waals surface area contributed by atoms with Gasteiger partial charge in [0.2, 0.25) is 0 Å². The summed E-state index contributed by atoms with van der Waals surface area (Å²) in [6.07, 6.45) is 1.71. The monoisotopic (exact) mass is 220 g/mol. The van der Waals surface area contributed by atoms with Gasteiger partial charge in [0, 0.05) is 0 Å². The lowest BCUT2D eigenvalue weighted by atomic mass is 9.96. The van der Waals surface area contributed by atoms with Crippen molar-refractivity contribution in [3.63, 3.8) is 0 Å². The van der Waals surface area contributed by atoms with Crippen LogP contribution in [0.5, 0.6) is 11.5 Å². The Morgan fingerprint density at radius 2 is 1.81 bits per heavy atom. The van der Waals surface area contributed by atoms with Crippen LogP contribution in [0.25, 0.3) is 0 Å². The van der Waals surface area contributed by atoms with Gasteiger partial charge in [0.05, 0.1) is 5.60 Å². The minimum atomic E-state index is -0.606. The van der Waals surface area contributed by atoms with Crippen LogP contribution in [0, 0.1) is 13.8 Å². The van der Waals surface area contributed by atoms with Gasteiger partial charge < -0.3 is 14.6 Å². The topological polar surface area (TPSA) is 38.7 Å². The Kier molecular flexibility index (Phi) is 1.96. The van der Waals surface area contributed by atoms with Crippen molar-refractivity contribution in [3.8, 4) is 11.5 Å². The first-order valence-electron chi connectivity index (χ1n) is 5.74. The first-order valence-corrected chi connectivity index (χ1v) is 5.74. The van der Waals surface area contributed by atoms with Gasteiger partial charge in [-0.25, -0.2) is 0 Å². The molecule has 1 aliphatic heterocycles. The normalized spacial score (nSPS) is 20.7. The third kappa shape index (κ3) is 1.31. The first kappa shape index (κ1) is 9.97. The van der Waals surface area contributed by atoms with Crippen LogP contribution in [0.1, 0.15) is 29.5 Å². The number of benzene rings is 1. The molecule has 0 aromatic heterocycles. The highest BCUT2D eigenvalue weighted by molar-refractivity contribution is 5.56. The fraction of sp³-hybridized carbons (Fsp3) is 0.538. The van der Waals surface area contributed by atoms with Crippen LogP contribution in [0.4, 0.5) is 0 Å². The molecule has 86 valence electrons. The van der Waals surface area contributed by atoms with Gasteiger partial charge in [-0.2, -0.15) is 0 Å². The first-order chi connectivity index (χ1) is 7.62. The maximum Gasteiger partial charge on any atom is 0.164 e. The molecular formula is C13H16O3. The van der Waals surface area contributed by atoms with E-state index < -0.39 is 5.60 Å². The molecule has 3 nitrogen and oxygen atoms in total. The molecule has 0 saturated heterocycles. The van der Waals surface area contributed by atoms with Crippen molar-refractivity contribution in [2.75, 3.05) is 13.2 Å². The molecule has 1 heterocycles. The van der Waals surface area contributed by atoms with Crippen LogP contribution < -0.4 is 9.47 Å². The molecule has 0 radical (unpaired) electrons. The number of rotatable bonds is 1. The molecule has 1 fully saturated rings. The van der Waals surface area contributed by atoms with E-state index in [2.05, 4.69) is 0 Å². The SMILES string of the molecule is Cc1c(C2(O)CC2)cc2c(c1C)OCCO2. The summed E-state index contributed by atoms with van der Waals surface area (Å²) in [5.74, 6) is 1.63. The lowest BCUT2D eigenvalue weighted by molar-refractivity contribution is 0.146. The Bertz CT molecular complexity index is 447. The van der Waals surface area contributed by atoms with Crippen molar-refractivity contribution in [3.05, 3.63) is 22.8 Å². The molecule has 3 heteroatoms. The summed E-state index contributed by atoms with van der Waals surface area (Å²) in [7, 11) is 0. The zero-order chi connectivity index (χ0) is 11.3. The Balaban J connectivity index is 2.17. The molecule has 1 aromatic carbocycles. The second-order valence-corrected chi connectivity index (χ2v) is 4.73. The van der Waals surface area contributed by atoms with Crippen molar-refractivity contribution < 1.29 is 14.6 Å². The maximum absolute atomic E-state index is 10.2. The van der Waals surface area contributed by atoms with Crippen molar-refractivity contribution in [1.29, 1.82) is 0 Å². The van der Waals surface area contributed by atoms with Gasteiger partial charge in [-0.15, -0.1) is 0 Å². The summed E-state index contributed by atoms with van der Waals surface area (Å²) in [5, 5.41) is 10.2. The van der Waals surface area contributed by atoms with E-state index in [4.69, 9.17) is 9.47 Å². The van der Waals surface area contributed by atoms with E-state index >= 15 is 0 Å². The highest BCUT2D eigenvalue weighted by Crippen LogP contribution is 2.50. The second-order valence-electron chi connectivity index (χ2n) is 4.73. The molecule has 1 aromatic rings. The standard InChI is InChI=1S/C13H16O3/c1-8-9(2)12-11(15-5-6-16-12)7-10(8)13(14)3-4-13/h7,14H,3-6H2,1-2H3. The number of hydrogen-bond acceptors (Lipinski definition) is 3. The van der Waals surface area contributed by atoms with Gasteiger partial charge in [-0.3, -0.25) is 0 Å². The van der Waals surface area contributed by atoms with Crippen LogP contribution >= 0.6 is 0 Å². The quantitative estimate of drug-likeness (QED) is 0.787. The summed E-state index contributed by atoms with van der Waals surface area (Å²) in [5.41, 5.74) is 2.62. The summed E-state index contributed by atoms with van der Waals surface area (Å²) in [6.45, 7) is 5.27. The van der Waals surface area contributed by atoms with Gasteiger partial charge in [0.1, 0.15) is 13.2 Å². The van der Waals surface area contributed by atoms with Crippen LogP contribution in [-0.4, -0.2) is 18.3 Å². The highest BCUT2D eigenvalue weighted by Gasteiger charge is 2.44. The van der Waals surface area contributed by atoms with Crippen molar-refractivity contribution in [2.45, 2.75) is 32.3 Å². The highest BCUT2D eigenvalue weighted by atomic mass is 16.6. The van der Waals surface area contributed by atoms with Crippen LogP contribution in [0.15, 0.2) is 6.07 Å². The van der Waals surface area contributed by atoms with Crippen molar-refractivity contribution >= 4 is 0 Å². The predicted molar refractivity (Wildman–Crippen MR) is 60.0 cm³/mol. The molecule has 0 amide bonds. The van der Waals surface area contributed by atoms with Crippen LogP contribution in [-0.2, 0) is 5.60 Å². The molecule has 2 aliphatic rings. The molecule has 0 atom stereocenters. The molecule has 1 aliphatic carbocycles. The number of hydrogen-bond donors (Lipinski definition) is 1. The summed E-state index contributed by atoms with van der Waals surface area (Å²) in [4.78, 5) is 0. The van der Waals surface area contributed by atoms with E-state index in [1.54, 1.807) is 0 Å². The molecule has 3 rings (SSSR count). The molecular weight excluding hydrogens is 204 g/mol. The summed E-state index contributed by atoms with van der Waals surface area (Å²) < 4.78 is 11.2. The van der Waals surface area contributed by atoms with E-state index in [1.165, 1.54) is 0 Å². The van der Waals surface area contributed by atoms with Crippen LogP contribution in [0.2, 0.25) is 0 Å². The Hall–Kier alpha value is -1.22. The Labute approximate surface area is 95.0 Å².